The Morgan fingerprint density at radius 1 is 1.00 bits per heavy atom. The molecule has 0 N–H and O–H groups in total. The molecule has 5 rings (SSSR count). The first-order valence-electron chi connectivity index (χ1n) is 11.2. The summed E-state index contributed by atoms with van der Waals surface area (Å²) in [6, 6.07) is 19.0. The molecule has 1 saturated heterocycles. The van der Waals surface area contributed by atoms with Gasteiger partial charge in [0.15, 0.2) is 10.9 Å². The van der Waals surface area contributed by atoms with E-state index in [-0.39, 0.29) is 11.7 Å². The normalized spacial score (nSPS) is 13.8. The van der Waals surface area contributed by atoms with Crippen molar-refractivity contribution in [3.63, 3.8) is 0 Å². The van der Waals surface area contributed by atoms with Crippen LogP contribution in [0.1, 0.15) is 0 Å². The Kier molecular flexibility index (Phi) is 6.96. The SMILES string of the molecule is COc1ccc(N2CCN(C(=O)CSc3nnc(-c4ccco4)n3-c3ccc(Cl)cc3)CC2)cc1. The quantitative estimate of drug-likeness (QED) is 0.336. The van der Waals surface area contributed by atoms with Gasteiger partial charge in [-0.05, 0) is 60.7 Å². The number of carbonyl (C=O) groups excluding carboxylic acids is 1. The number of furan rings is 1. The third kappa shape index (κ3) is 5.16. The van der Waals surface area contributed by atoms with Gasteiger partial charge in [-0.3, -0.25) is 9.36 Å². The molecule has 2 aromatic carbocycles. The van der Waals surface area contributed by atoms with Crippen molar-refractivity contribution in [2.75, 3.05) is 43.9 Å². The van der Waals surface area contributed by atoms with E-state index in [1.807, 2.05) is 64.1 Å². The summed E-state index contributed by atoms with van der Waals surface area (Å²) in [6.45, 7) is 2.92. The number of aromatic nitrogens is 3. The van der Waals surface area contributed by atoms with E-state index >= 15 is 0 Å². The average Bonchev–Trinajstić information content (AvgIpc) is 3.58. The molecule has 0 atom stereocenters. The van der Waals surface area contributed by atoms with E-state index in [0.717, 1.165) is 30.2 Å². The van der Waals surface area contributed by atoms with Gasteiger partial charge < -0.3 is 19.0 Å². The molecule has 1 fully saturated rings. The number of halogens is 1. The van der Waals surface area contributed by atoms with Gasteiger partial charge in [0.1, 0.15) is 5.75 Å². The van der Waals surface area contributed by atoms with Gasteiger partial charge in [0, 0.05) is 42.6 Å². The maximum absolute atomic E-state index is 13.0. The standard InChI is InChI=1S/C25H24ClN5O3S/c1-33-21-10-8-19(9-11-21)29-12-14-30(15-13-29)23(32)17-35-25-28-27-24(22-3-2-16-34-22)31(25)20-6-4-18(26)5-7-20/h2-11,16H,12-15,17H2,1H3. The maximum atomic E-state index is 13.0. The second kappa shape index (κ2) is 10.5. The van der Waals surface area contributed by atoms with E-state index < -0.39 is 0 Å². The summed E-state index contributed by atoms with van der Waals surface area (Å²) in [5.41, 5.74) is 1.97. The lowest BCUT2D eigenvalue weighted by molar-refractivity contribution is -0.128. The fraction of sp³-hybridized carbons (Fsp3) is 0.240. The lowest BCUT2D eigenvalue weighted by Gasteiger charge is -2.36. The number of nitrogens with zero attached hydrogens (tertiary/aromatic N) is 5. The minimum absolute atomic E-state index is 0.0783. The van der Waals surface area contributed by atoms with Crippen LogP contribution >= 0.6 is 23.4 Å². The molecule has 1 aliphatic rings. The number of benzene rings is 2. The molecule has 1 amide bonds. The molecule has 10 heteroatoms. The van der Waals surface area contributed by atoms with Crippen molar-refractivity contribution in [2.24, 2.45) is 0 Å². The van der Waals surface area contributed by atoms with Gasteiger partial charge in [-0.2, -0.15) is 0 Å². The predicted octanol–water partition coefficient (Wildman–Crippen LogP) is 4.63. The second-order valence-corrected chi connectivity index (χ2v) is 9.33. The van der Waals surface area contributed by atoms with Crippen LogP contribution in [0.15, 0.2) is 76.5 Å². The molecule has 0 aliphatic carbocycles. The van der Waals surface area contributed by atoms with E-state index in [1.165, 1.54) is 11.8 Å². The fourth-order valence-corrected chi connectivity index (χ4v) is 4.96. The summed E-state index contributed by atoms with van der Waals surface area (Å²) in [4.78, 5) is 17.2. The molecule has 2 aromatic heterocycles. The fourth-order valence-electron chi connectivity index (χ4n) is 3.98. The molecule has 1 aliphatic heterocycles. The summed E-state index contributed by atoms with van der Waals surface area (Å²) in [7, 11) is 1.66. The van der Waals surface area contributed by atoms with E-state index in [2.05, 4.69) is 15.1 Å². The van der Waals surface area contributed by atoms with E-state index in [9.17, 15) is 4.79 Å². The van der Waals surface area contributed by atoms with Gasteiger partial charge in [0.25, 0.3) is 0 Å². The van der Waals surface area contributed by atoms with Crippen LogP contribution in [0.2, 0.25) is 5.02 Å². The van der Waals surface area contributed by atoms with Gasteiger partial charge in [-0.15, -0.1) is 10.2 Å². The number of anilines is 1. The molecule has 8 nitrogen and oxygen atoms in total. The molecular weight excluding hydrogens is 486 g/mol. The van der Waals surface area contributed by atoms with E-state index in [1.54, 1.807) is 19.4 Å². The summed E-state index contributed by atoms with van der Waals surface area (Å²) < 4.78 is 12.7. The number of ether oxygens (including phenoxy) is 1. The molecule has 0 spiro atoms. The van der Waals surface area contributed by atoms with Crippen LogP contribution in [0, 0.1) is 0 Å². The van der Waals surface area contributed by atoms with Gasteiger partial charge in [0.2, 0.25) is 11.7 Å². The molecule has 0 unspecified atom stereocenters. The number of hydrogen-bond donors (Lipinski definition) is 0. The van der Waals surface area contributed by atoms with Gasteiger partial charge in [-0.25, -0.2) is 0 Å². The van der Waals surface area contributed by atoms with Crippen molar-refractivity contribution in [2.45, 2.75) is 5.16 Å². The highest BCUT2D eigenvalue weighted by Gasteiger charge is 2.23. The average molecular weight is 510 g/mol. The first-order valence-corrected chi connectivity index (χ1v) is 12.5. The van der Waals surface area contributed by atoms with Crippen molar-refractivity contribution >= 4 is 35.0 Å². The van der Waals surface area contributed by atoms with Crippen molar-refractivity contribution in [1.82, 2.24) is 19.7 Å². The van der Waals surface area contributed by atoms with Crippen LogP contribution in [-0.4, -0.2) is 64.6 Å². The highest BCUT2D eigenvalue weighted by Crippen LogP contribution is 2.29. The lowest BCUT2D eigenvalue weighted by Crippen LogP contribution is -2.49. The zero-order chi connectivity index (χ0) is 24.2. The van der Waals surface area contributed by atoms with Crippen LogP contribution in [0.5, 0.6) is 5.75 Å². The van der Waals surface area contributed by atoms with Gasteiger partial charge in [0.05, 0.1) is 19.1 Å². The number of hydrogen-bond acceptors (Lipinski definition) is 7. The Hall–Kier alpha value is -3.43. The Morgan fingerprint density at radius 3 is 2.37 bits per heavy atom. The number of thioether (sulfide) groups is 1. The number of rotatable bonds is 7. The first-order chi connectivity index (χ1) is 17.1. The molecule has 35 heavy (non-hydrogen) atoms. The predicted molar refractivity (Wildman–Crippen MR) is 137 cm³/mol. The summed E-state index contributed by atoms with van der Waals surface area (Å²) >= 11 is 7.44. The van der Waals surface area contributed by atoms with Crippen molar-refractivity contribution in [3.05, 3.63) is 71.9 Å². The molecule has 180 valence electrons. The van der Waals surface area contributed by atoms with Crippen molar-refractivity contribution < 1.29 is 13.9 Å². The van der Waals surface area contributed by atoms with Gasteiger partial charge >= 0.3 is 0 Å². The molecule has 4 aromatic rings. The highest BCUT2D eigenvalue weighted by molar-refractivity contribution is 7.99. The largest absolute Gasteiger partial charge is 0.497 e. The number of methoxy groups -OCH3 is 1. The zero-order valence-corrected chi connectivity index (χ0v) is 20.7. The molecule has 0 radical (unpaired) electrons. The van der Waals surface area contributed by atoms with Crippen LogP contribution in [0.25, 0.3) is 17.3 Å². The van der Waals surface area contributed by atoms with Crippen LogP contribution in [-0.2, 0) is 4.79 Å². The molecule has 0 saturated carbocycles. The number of piperazine rings is 1. The molecule has 0 bridgehead atoms. The topological polar surface area (TPSA) is 76.6 Å². The minimum Gasteiger partial charge on any atom is -0.497 e. The number of amides is 1. The summed E-state index contributed by atoms with van der Waals surface area (Å²) in [5.74, 6) is 2.35. The third-order valence-electron chi connectivity index (χ3n) is 5.85. The smallest absolute Gasteiger partial charge is 0.233 e. The van der Waals surface area contributed by atoms with E-state index in [0.29, 0.717) is 34.9 Å². The van der Waals surface area contributed by atoms with Crippen LogP contribution < -0.4 is 9.64 Å². The highest BCUT2D eigenvalue weighted by atomic mass is 35.5. The van der Waals surface area contributed by atoms with Crippen molar-refractivity contribution in [3.8, 4) is 23.0 Å². The Bertz CT molecular complexity index is 1270. The lowest BCUT2D eigenvalue weighted by atomic mass is 10.2. The van der Waals surface area contributed by atoms with Crippen molar-refractivity contribution in [1.29, 1.82) is 0 Å². The Labute approximate surface area is 212 Å². The Balaban J connectivity index is 1.25. The Morgan fingerprint density at radius 2 is 1.71 bits per heavy atom. The molecule has 3 heterocycles. The second-order valence-electron chi connectivity index (χ2n) is 7.95. The maximum Gasteiger partial charge on any atom is 0.233 e. The summed E-state index contributed by atoms with van der Waals surface area (Å²) in [6.07, 6.45) is 1.60. The molecular formula is C25H24ClN5O3S. The summed E-state index contributed by atoms with van der Waals surface area (Å²) in [5, 5.41) is 9.93. The van der Waals surface area contributed by atoms with E-state index in [4.69, 9.17) is 20.8 Å². The first kappa shape index (κ1) is 23.3. The van der Waals surface area contributed by atoms with Crippen LogP contribution in [0.3, 0.4) is 0 Å². The van der Waals surface area contributed by atoms with Crippen LogP contribution in [0.4, 0.5) is 5.69 Å². The third-order valence-corrected chi connectivity index (χ3v) is 7.02. The monoisotopic (exact) mass is 509 g/mol. The van der Waals surface area contributed by atoms with Gasteiger partial charge in [-0.1, -0.05) is 23.4 Å². The minimum atomic E-state index is 0.0783. The number of carbonyl (C=O) groups is 1. The zero-order valence-electron chi connectivity index (χ0n) is 19.1.